The zero-order valence-electron chi connectivity index (χ0n) is 13.4. The van der Waals surface area contributed by atoms with Gasteiger partial charge in [0.25, 0.3) is 0 Å². The van der Waals surface area contributed by atoms with Crippen molar-refractivity contribution in [2.45, 2.75) is 6.92 Å². The van der Waals surface area contributed by atoms with Crippen molar-refractivity contribution in [3.05, 3.63) is 66.9 Å². The average molecular weight is 327 g/mol. The van der Waals surface area contributed by atoms with E-state index in [0.717, 1.165) is 27.9 Å². The first kappa shape index (κ1) is 13.8. The first-order chi connectivity index (χ1) is 12.3. The predicted octanol–water partition coefficient (Wildman–Crippen LogP) is 2.83. The summed E-state index contributed by atoms with van der Waals surface area (Å²) in [4.78, 5) is 8.73. The summed E-state index contributed by atoms with van der Waals surface area (Å²) in [6.07, 6.45) is 7.00. The minimum Gasteiger partial charge on any atom is -0.264 e. The summed E-state index contributed by atoms with van der Waals surface area (Å²) >= 11 is 0. The van der Waals surface area contributed by atoms with Crippen LogP contribution in [0.4, 0.5) is 0 Å². The summed E-state index contributed by atoms with van der Waals surface area (Å²) in [5, 5.41) is 14.0. The normalized spacial score (nSPS) is 11.4. The van der Waals surface area contributed by atoms with Gasteiger partial charge in [0.2, 0.25) is 0 Å². The van der Waals surface area contributed by atoms with Gasteiger partial charge in [-0.15, -0.1) is 10.2 Å². The summed E-state index contributed by atoms with van der Waals surface area (Å²) in [6, 6.07) is 12.0. The lowest BCUT2D eigenvalue weighted by molar-refractivity contribution is 0.893. The third-order valence-electron chi connectivity index (χ3n) is 4.17. The molecule has 0 aliphatic carbocycles. The second-order valence-corrected chi connectivity index (χ2v) is 5.83. The molecule has 0 radical (unpaired) electrons. The van der Waals surface area contributed by atoms with Gasteiger partial charge in [-0.1, -0.05) is 17.7 Å². The molecule has 0 spiro atoms. The predicted molar refractivity (Wildman–Crippen MR) is 93.4 cm³/mol. The monoisotopic (exact) mass is 327 g/mol. The molecule has 25 heavy (non-hydrogen) atoms. The summed E-state index contributed by atoms with van der Waals surface area (Å²) in [5.74, 6) is 0.709. The Bertz CT molecular complexity index is 1190. The molecule has 0 saturated heterocycles. The van der Waals surface area contributed by atoms with E-state index in [0.29, 0.717) is 5.82 Å². The maximum absolute atomic E-state index is 4.59. The fraction of sp³-hybridized carbons (Fsp3) is 0.0556. The van der Waals surface area contributed by atoms with Gasteiger partial charge in [-0.2, -0.15) is 5.10 Å². The maximum Gasteiger partial charge on any atom is 0.175 e. The van der Waals surface area contributed by atoms with Crippen LogP contribution in [-0.2, 0) is 0 Å². The van der Waals surface area contributed by atoms with Gasteiger partial charge < -0.3 is 0 Å². The second kappa shape index (κ2) is 5.20. The summed E-state index contributed by atoms with van der Waals surface area (Å²) in [7, 11) is 0. The van der Waals surface area contributed by atoms with E-state index in [1.807, 2.05) is 33.3 Å². The van der Waals surface area contributed by atoms with E-state index in [-0.39, 0.29) is 0 Å². The Balaban J connectivity index is 1.73. The molecular formula is C18H13N7. The zero-order valence-corrected chi connectivity index (χ0v) is 13.4. The molecule has 0 atom stereocenters. The Hall–Kier alpha value is -3.61. The fourth-order valence-corrected chi connectivity index (χ4v) is 2.89. The molecule has 7 nitrogen and oxygen atoms in total. The first-order valence-electron chi connectivity index (χ1n) is 7.86. The molecular weight excluding hydrogens is 314 g/mol. The van der Waals surface area contributed by atoms with Crippen LogP contribution in [0.2, 0.25) is 0 Å². The molecule has 0 fully saturated rings. The zero-order chi connectivity index (χ0) is 16.8. The smallest absolute Gasteiger partial charge is 0.175 e. The molecule has 5 aromatic rings. The van der Waals surface area contributed by atoms with Crippen molar-refractivity contribution in [3.8, 4) is 17.1 Å². The summed E-state index contributed by atoms with van der Waals surface area (Å²) in [5.41, 5.74) is 4.53. The largest absolute Gasteiger partial charge is 0.264 e. The van der Waals surface area contributed by atoms with Gasteiger partial charge in [0.15, 0.2) is 17.1 Å². The number of hydrogen-bond donors (Lipinski definition) is 0. The van der Waals surface area contributed by atoms with Crippen molar-refractivity contribution >= 4 is 16.7 Å². The fourth-order valence-electron chi connectivity index (χ4n) is 2.89. The number of fused-ring (bicyclic) bond motifs is 3. The van der Waals surface area contributed by atoms with Gasteiger partial charge in [0, 0.05) is 18.0 Å². The molecule has 7 heteroatoms. The minimum absolute atomic E-state index is 0.709. The second-order valence-electron chi connectivity index (χ2n) is 5.83. The minimum atomic E-state index is 0.709. The number of rotatable bonds is 2. The average Bonchev–Trinajstić information content (AvgIpc) is 3.27. The van der Waals surface area contributed by atoms with Crippen LogP contribution in [0.3, 0.4) is 0 Å². The van der Waals surface area contributed by atoms with E-state index in [9.17, 15) is 0 Å². The molecule has 5 rings (SSSR count). The van der Waals surface area contributed by atoms with Gasteiger partial charge in [-0.05, 0) is 31.2 Å². The van der Waals surface area contributed by atoms with Crippen molar-refractivity contribution in [1.82, 2.24) is 34.3 Å². The van der Waals surface area contributed by atoms with Gasteiger partial charge in [0.1, 0.15) is 6.33 Å². The van der Waals surface area contributed by atoms with E-state index in [1.165, 1.54) is 5.56 Å². The lowest BCUT2D eigenvalue weighted by atomic mass is 10.2. The Morgan fingerprint density at radius 1 is 0.920 bits per heavy atom. The van der Waals surface area contributed by atoms with Crippen LogP contribution < -0.4 is 0 Å². The van der Waals surface area contributed by atoms with Gasteiger partial charge in [0.05, 0.1) is 17.3 Å². The van der Waals surface area contributed by atoms with Crippen LogP contribution in [0.5, 0.6) is 0 Å². The quantitative estimate of drug-likeness (QED) is 0.498. The van der Waals surface area contributed by atoms with Gasteiger partial charge in [-0.3, -0.25) is 9.38 Å². The number of benzene rings is 1. The molecule has 0 saturated carbocycles. The van der Waals surface area contributed by atoms with Crippen LogP contribution >= 0.6 is 0 Å². The highest BCUT2D eigenvalue weighted by molar-refractivity contribution is 5.90. The highest BCUT2D eigenvalue weighted by Crippen LogP contribution is 2.23. The summed E-state index contributed by atoms with van der Waals surface area (Å²) < 4.78 is 3.67. The van der Waals surface area contributed by atoms with Crippen molar-refractivity contribution < 1.29 is 0 Å². The van der Waals surface area contributed by atoms with E-state index >= 15 is 0 Å². The number of pyridine rings is 1. The molecule has 1 aromatic carbocycles. The van der Waals surface area contributed by atoms with Gasteiger partial charge in [-0.25, -0.2) is 9.67 Å². The van der Waals surface area contributed by atoms with E-state index in [2.05, 4.69) is 44.3 Å². The van der Waals surface area contributed by atoms with Crippen molar-refractivity contribution in [2.75, 3.05) is 0 Å². The Labute approximate surface area is 142 Å². The van der Waals surface area contributed by atoms with Gasteiger partial charge >= 0.3 is 0 Å². The van der Waals surface area contributed by atoms with Crippen LogP contribution in [0.25, 0.3) is 33.8 Å². The summed E-state index contributed by atoms with van der Waals surface area (Å²) in [6.45, 7) is 2.06. The molecule has 0 aliphatic heterocycles. The number of aryl methyl sites for hydroxylation is 1. The standard InChI is InChI=1S/C18H13N7/c1-12-4-6-14(7-5-12)25-17-15(10-21-25)18-23-22-16(24(18)11-20-17)13-3-2-8-19-9-13/h2-11H,1H3. The molecule has 0 aliphatic rings. The maximum atomic E-state index is 4.59. The molecule has 0 bridgehead atoms. The highest BCUT2D eigenvalue weighted by Gasteiger charge is 2.15. The number of nitrogens with zero attached hydrogens (tertiary/aromatic N) is 7. The molecule has 120 valence electrons. The molecule has 4 heterocycles. The van der Waals surface area contributed by atoms with Crippen LogP contribution in [0, 0.1) is 6.92 Å². The third-order valence-corrected chi connectivity index (χ3v) is 4.17. The van der Waals surface area contributed by atoms with Crippen molar-refractivity contribution in [1.29, 1.82) is 0 Å². The van der Waals surface area contributed by atoms with Crippen molar-refractivity contribution in [2.24, 2.45) is 0 Å². The topological polar surface area (TPSA) is 73.8 Å². The highest BCUT2D eigenvalue weighted by atomic mass is 15.3. The number of hydrogen-bond acceptors (Lipinski definition) is 5. The SMILES string of the molecule is Cc1ccc(-n2ncc3c2ncn2c(-c4cccnc4)nnc32)cc1. The van der Waals surface area contributed by atoms with Crippen LogP contribution in [0.1, 0.15) is 5.56 Å². The van der Waals surface area contributed by atoms with Crippen LogP contribution in [0.15, 0.2) is 61.3 Å². The molecule has 0 unspecified atom stereocenters. The molecule has 0 N–H and O–H groups in total. The lowest BCUT2D eigenvalue weighted by Crippen LogP contribution is -1.99. The Kier molecular flexibility index (Phi) is 2.87. The van der Waals surface area contributed by atoms with E-state index in [1.54, 1.807) is 24.9 Å². The van der Waals surface area contributed by atoms with E-state index < -0.39 is 0 Å². The van der Waals surface area contributed by atoms with Crippen LogP contribution in [-0.4, -0.2) is 34.3 Å². The number of aromatic nitrogens is 7. The lowest BCUT2D eigenvalue weighted by Gasteiger charge is -2.04. The first-order valence-corrected chi connectivity index (χ1v) is 7.86. The van der Waals surface area contributed by atoms with Crippen molar-refractivity contribution in [3.63, 3.8) is 0 Å². The molecule has 0 amide bonds. The van der Waals surface area contributed by atoms with E-state index in [4.69, 9.17) is 0 Å². The Morgan fingerprint density at radius 3 is 2.60 bits per heavy atom. The molecule has 4 aromatic heterocycles. The Morgan fingerprint density at radius 2 is 1.80 bits per heavy atom. The third kappa shape index (κ3) is 2.09.